The van der Waals surface area contributed by atoms with Gasteiger partial charge in [-0.05, 0) is 37.3 Å². The Hall–Kier alpha value is -4.18. The number of thioether (sulfide) groups is 1. The third-order valence-electron chi connectivity index (χ3n) is 5.34. The topological polar surface area (TPSA) is 113 Å². The Morgan fingerprint density at radius 2 is 1.94 bits per heavy atom. The highest BCUT2D eigenvalue weighted by Crippen LogP contribution is 2.34. The summed E-state index contributed by atoms with van der Waals surface area (Å²) in [5.74, 6) is 0.986. The lowest BCUT2D eigenvalue weighted by molar-refractivity contribution is 0.0601. The van der Waals surface area contributed by atoms with Crippen LogP contribution in [0.25, 0.3) is 22.3 Å². The van der Waals surface area contributed by atoms with E-state index in [2.05, 4.69) is 10.1 Å². The van der Waals surface area contributed by atoms with Crippen LogP contribution in [0.4, 0.5) is 0 Å². The standard InChI is InChI=1S/C25H20N4O5S/c1-15(22-27-21(28-34-22)16-7-4-3-5-8-16)35-25-26-20-13-17(24(31)32-2)10-11-19(20)23(30)29(25)14-18-9-6-12-33-18/h3-13,15H,14H2,1-2H3. The first-order valence-corrected chi connectivity index (χ1v) is 11.6. The average Bonchev–Trinajstić information content (AvgIpc) is 3.59. The number of furan rings is 1. The molecule has 0 N–H and O–H groups in total. The van der Waals surface area contributed by atoms with Gasteiger partial charge in [0.25, 0.3) is 5.56 Å². The van der Waals surface area contributed by atoms with Gasteiger partial charge in [0, 0.05) is 5.56 Å². The van der Waals surface area contributed by atoms with E-state index in [1.54, 1.807) is 36.6 Å². The molecule has 0 aliphatic rings. The molecule has 0 fully saturated rings. The van der Waals surface area contributed by atoms with E-state index in [4.69, 9.17) is 18.7 Å². The highest BCUT2D eigenvalue weighted by atomic mass is 32.2. The van der Waals surface area contributed by atoms with Crippen LogP contribution in [0, 0.1) is 0 Å². The molecule has 5 aromatic rings. The minimum atomic E-state index is -0.504. The van der Waals surface area contributed by atoms with Crippen molar-refractivity contribution in [1.82, 2.24) is 19.7 Å². The van der Waals surface area contributed by atoms with Crippen molar-refractivity contribution in [3.63, 3.8) is 0 Å². The summed E-state index contributed by atoms with van der Waals surface area (Å²) in [4.78, 5) is 34.7. The minimum Gasteiger partial charge on any atom is -0.467 e. The van der Waals surface area contributed by atoms with Gasteiger partial charge in [-0.2, -0.15) is 4.98 Å². The number of aromatic nitrogens is 4. The summed E-state index contributed by atoms with van der Waals surface area (Å²) in [6, 6.07) is 17.7. The molecule has 0 amide bonds. The lowest BCUT2D eigenvalue weighted by Crippen LogP contribution is -2.24. The molecule has 0 radical (unpaired) electrons. The van der Waals surface area contributed by atoms with Crippen molar-refractivity contribution < 1.29 is 18.5 Å². The predicted molar refractivity (Wildman–Crippen MR) is 129 cm³/mol. The first kappa shape index (κ1) is 22.6. The number of hydrogen-bond donors (Lipinski definition) is 0. The van der Waals surface area contributed by atoms with Crippen LogP contribution in [0.3, 0.4) is 0 Å². The summed E-state index contributed by atoms with van der Waals surface area (Å²) in [5, 5.41) is 4.58. The maximum absolute atomic E-state index is 13.4. The van der Waals surface area contributed by atoms with Crippen molar-refractivity contribution in [2.75, 3.05) is 7.11 Å². The second-order valence-electron chi connectivity index (χ2n) is 7.67. The number of hydrogen-bond acceptors (Lipinski definition) is 9. The maximum Gasteiger partial charge on any atom is 0.337 e. The third kappa shape index (κ3) is 4.60. The summed E-state index contributed by atoms with van der Waals surface area (Å²) < 4.78 is 17.3. The molecule has 10 heteroatoms. The molecule has 2 aromatic carbocycles. The van der Waals surface area contributed by atoms with E-state index in [1.165, 1.54) is 23.4 Å². The number of fused-ring (bicyclic) bond motifs is 1. The van der Waals surface area contributed by atoms with Crippen molar-refractivity contribution in [2.45, 2.75) is 23.9 Å². The molecule has 1 unspecified atom stereocenters. The van der Waals surface area contributed by atoms with Gasteiger partial charge in [0.1, 0.15) is 5.76 Å². The summed E-state index contributed by atoms with van der Waals surface area (Å²) in [5.41, 5.74) is 1.28. The van der Waals surface area contributed by atoms with Gasteiger partial charge in [-0.3, -0.25) is 9.36 Å². The normalized spacial score (nSPS) is 12.1. The Morgan fingerprint density at radius 1 is 1.11 bits per heavy atom. The summed E-state index contributed by atoms with van der Waals surface area (Å²) in [7, 11) is 1.30. The molecule has 0 saturated heterocycles. The van der Waals surface area contributed by atoms with Crippen LogP contribution in [0.2, 0.25) is 0 Å². The maximum atomic E-state index is 13.4. The molecule has 5 rings (SSSR count). The van der Waals surface area contributed by atoms with E-state index in [-0.39, 0.29) is 17.4 Å². The molecule has 35 heavy (non-hydrogen) atoms. The van der Waals surface area contributed by atoms with E-state index in [0.29, 0.717) is 39.1 Å². The fourth-order valence-electron chi connectivity index (χ4n) is 3.55. The largest absolute Gasteiger partial charge is 0.467 e. The van der Waals surface area contributed by atoms with Crippen LogP contribution in [-0.2, 0) is 11.3 Å². The first-order chi connectivity index (χ1) is 17.0. The molecule has 0 saturated carbocycles. The number of rotatable bonds is 7. The third-order valence-corrected chi connectivity index (χ3v) is 6.42. The van der Waals surface area contributed by atoms with E-state index >= 15 is 0 Å². The zero-order valence-corrected chi connectivity index (χ0v) is 19.7. The van der Waals surface area contributed by atoms with Gasteiger partial charge in [-0.15, -0.1) is 0 Å². The summed E-state index contributed by atoms with van der Waals surface area (Å²) in [6.07, 6.45) is 1.55. The zero-order valence-electron chi connectivity index (χ0n) is 18.9. The van der Waals surface area contributed by atoms with Crippen molar-refractivity contribution in [2.24, 2.45) is 0 Å². The van der Waals surface area contributed by atoms with Crippen LogP contribution < -0.4 is 5.56 Å². The lowest BCUT2D eigenvalue weighted by Gasteiger charge is -2.14. The quantitative estimate of drug-likeness (QED) is 0.182. The molecule has 0 bridgehead atoms. The van der Waals surface area contributed by atoms with Crippen LogP contribution in [-0.4, -0.2) is 32.8 Å². The van der Waals surface area contributed by atoms with E-state index in [1.807, 2.05) is 37.3 Å². The highest BCUT2D eigenvalue weighted by molar-refractivity contribution is 7.99. The van der Waals surface area contributed by atoms with Gasteiger partial charge in [0.05, 0.1) is 41.6 Å². The SMILES string of the molecule is COC(=O)c1ccc2c(=O)n(Cc3ccco3)c(SC(C)c3nc(-c4ccccc4)no3)nc2c1. The van der Waals surface area contributed by atoms with Crippen molar-refractivity contribution in [3.05, 3.63) is 94.5 Å². The second kappa shape index (κ2) is 9.59. The average molecular weight is 489 g/mol. The first-order valence-electron chi connectivity index (χ1n) is 10.7. The molecular weight excluding hydrogens is 468 g/mol. The van der Waals surface area contributed by atoms with Crippen molar-refractivity contribution >= 4 is 28.6 Å². The fourth-order valence-corrected chi connectivity index (χ4v) is 4.49. The number of nitrogens with zero attached hydrogens (tertiary/aromatic N) is 4. The Bertz CT molecular complexity index is 1540. The van der Waals surface area contributed by atoms with Crippen molar-refractivity contribution in [3.8, 4) is 11.4 Å². The van der Waals surface area contributed by atoms with Crippen LogP contribution >= 0.6 is 11.8 Å². The van der Waals surface area contributed by atoms with Gasteiger partial charge < -0.3 is 13.7 Å². The number of benzene rings is 2. The Kier molecular flexibility index (Phi) is 6.19. The van der Waals surface area contributed by atoms with Gasteiger partial charge in [0.2, 0.25) is 11.7 Å². The molecule has 176 valence electrons. The predicted octanol–water partition coefficient (Wildman–Crippen LogP) is 4.73. The van der Waals surface area contributed by atoms with E-state index in [9.17, 15) is 9.59 Å². The van der Waals surface area contributed by atoms with Crippen LogP contribution in [0.15, 0.2) is 85.8 Å². The second-order valence-corrected chi connectivity index (χ2v) is 8.98. The highest BCUT2D eigenvalue weighted by Gasteiger charge is 2.22. The Balaban J connectivity index is 1.54. The van der Waals surface area contributed by atoms with E-state index in [0.717, 1.165) is 5.56 Å². The molecule has 1 atom stereocenters. The van der Waals surface area contributed by atoms with E-state index < -0.39 is 5.97 Å². The van der Waals surface area contributed by atoms with Crippen LogP contribution in [0.5, 0.6) is 0 Å². The summed E-state index contributed by atoms with van der Waals surface area (Å²) >= 11 is 1.30. The fraction of sp³-hybridized carbons (Fsp3) is 0.160. The molecule has 0 aliphatic heterocycles. The number of esters is 1. The number of ether oxygens (including phenoxy) is 1. The monoisotopic (exact) mass is 488 g/mol. The lowest BCUT2D eigenvalue weighted by atomic mass is 10.1. The van der Waals surface area contributed by atoms with Gasteiger partial charge in [0.15, 0.2) is 5.16 Å². The zero-order chi connectivity index (χ0) is 24.4. The van der Waals surface area contributed by atoms with Crippen LogP contribution in [0.1, 0.15) is 34.2 Å². The minimum absolute atomic E-state index is 0.196. The van der Waals surface area contributed by atoms with Gasteiger partial charge >= 0.3 is 5.97 Å². The molecule has 0 spiro atoms. The smallest absolute Gasteiger partial charge is 0.337 e. The Labute approximate surface area is 203 Å². The summed E-state index contributed by atoms with van der Waals surface area (Å²) in [6.45, 7) is 2.09. The van der Waals surface area contributed by atoms with Gasteiger partial charge in [-0.1, -0.05) is 47.3 Å². The van der Waals surface area contributed by atoms with Gasteiger partial charge in [-0.25, -0.2) is 9.78 Å². The molecule has 0 aliphatic carbocycles. The molecule has 9 nitrogen and oxygen atoms in total. The number of methoxy groups -OCH3 is 1. The number of carbonyl (C=O) groups is 1. The van der Waals surface area contributed by atoms with Crippen molar-refractivity contribution in [1.29, 1.82) is 0 Å². The molecule has 3 heterocycles. The Morgan fingerprint density at radius 3 is 2.69 bits per heavy atom. The number of carbonyl (C=O) groups excluding carboxylic acids is 1. The molecule has 3 aromatic heterocycles. The molecular formula is C25H20N4O5S.